The number of halogens is 2. The van der Waals surface area contributed by atoms with E-state index in [2.05, 4.69) is 59.6 Å². The van der Waals surface area contributed by atoms with Crippen molar-refractivity contribution in [2.75, 3.05) is 39.3 Å². The van der Waals surface area contributed by atoms with E-state index in [0.717, 1.165) is 39.2 Å². The van der Waals surface area contributed by atoms with Crippen LogP contribution >= 0.6 is 27.5 Å². The summed E-state index contributed by atoms with van der Waals surface area (Å²) in [4.78, 5) is 72.4. The predicted octanol–water partition coefficient (Wildman–Crippen LogP) is 4.91. The topological polar surface area (TPSA) is 164 Å². The molecule has 1 aliphatic carbocycles. The van der Waals surface area contributed by atoms with E-state index in [1.165, 1.54) is 16.7 Å². The third-order valence-corrected chi connectivity index (χ3v) is 12.4. The highest BCUT2D eigenvalue weighted by atomic mass is 79.9. The summed E-state index contributed by atoms with van der Waals surface area (Å²) in [6.45, 7) is 12.8. The summed E-state index contributed by atoms with van der Waals surface area (Å²) in [5.41, 5.74) is 6.36. The monoisotopic (exact) mass is 955 g/mol. The van der Waals surface area contributed by atoms with Gasteiger partial charge in [-0.05, 0) is 121 Å². The van der Waals surface area contributed by atoms with E-state index in [4.69, 9.17) is 16.6 Å². The molecule has 340 valence electrons. The number of amides is 4. The van der Waals surface area contributed by atoms with Gasteiger partial charge in [-0.3, -0.25) is 39.0 Å². The fraction of sp³-hybridized carbons (Fsp3) is 0.468. The van der Waals surface area contributed by atoms with E-state index >= 15 is 0 Å². The Labute approximate surface area is 390 Å². The molecule has 7 rings (SSSR count). The molecule has 14 nitrogen and oxygen atoms in total. The second-order valence-electron chi connectivity index (χ2n) is 17.5. The van der Waals surface area contributed by atoms with Crippen molar-refractivity contribution >= 4 is 58.2 Å². The Morgan fingerprint density at radius 1 is 0.781 bits per heavy atom. The van der Waals surface area contributed by atoms with E-state index in [1.54, 1.807) is 36.5 Å². The standard InChI is InChI=1S/C30H33BrClN5O2.C17H27BN4O3/c1-19(2)35-27(38)15-25-18-36(10-11-37(25)28(39)12-20-4-3-9-33-16-20)30-26-8-7-24(32)14-21(26)5-6-22-13-23(31)17-34-29(22)30;1-13(2)20-16(23)10-15-12-21(18(3)25)7-8-22(15)17(24)9-14-5-4-6-19-11-14/h3-4,7-9,13-14,16-17,19,25,30H,5-6,10-12,15,18H2,1-2H3,(H,35,38);4-6,11,13,15,25H,7-10,12H2,1-3H3,(H,20,23). The summed E-state index contributed by atoms with van der Waals surface area (Å²) >= 11 is 10.0. The van der Waals surface area contributed by atoms with E-state index in [1.807, 2.05) is 73.9 Å². The Balaban J connectivity index is 0.000000235. The van der Waals surface area contributed by atoms with Crippen molar-refractivity contribution in [1.29, 1.82) is 0 Å². The molecule has 0 saturated carbocycles. The molecule has 64 heavy (non-hydrogen) atoms. The number of pyridine rings is 3. The molecule has 4 amide bonds. The van der Waals surface area contributed by atoms with Crippen molar-refractivity contribution in [3.63, 3.8) is 0 Å². The minimum absolute atomic E-state index is 0.0133. The van der Waals surface area contributed by atoms with Crippen molar-refractivity contribution in [3.05, 3.63) is 123 Å². The van der Waals surface area contributed by atoms with Crippen LogP contribution < -0.4 is 10.6 Å². The zero-order valence-corrected chi connectivity index (χ0v) is 39.8. The molecular formula is C47H60BBrClN9O5. The molecule has 3 aliphatic rings. The van der Waals surface area contributed by atoms with E-state index in [-0.39, 0.29) is 79.5 Å². The number of piperazine rings is 2. The zero-order valence-electron chi connectivity index (χ0n) is 37.4. The Hall–Kier alpha value is -4.74. The predicted molar refractivity (Wildman–Crippen MR) is 252 cm³/mol. The largest absolute Gasteiger partial charge is 0.437 e. The third kappa shape index (κ3) is 13.4. The molecule has 2 fully saturated rings. The van der Waals surface area contributed by atoms with Crippen molar-refractivity contribution < 1.29 is 24.2 Å². The number of nitrogens with one attached hydrogen (secondary N) is 2. The first-order valence-electron chi connectivity index (χ1n) is 22.2. The number of carbonyl (C=O) groups is 4. The van der Waals surface area contributed by atoms with Crippen molar-refractivity contribution in [2.45, 2.75) is 103 Å². The number of fused-ring (bicyclic) bond motifs is 2. The molecular weight excluding hydrogens is 897 g/mol. The Morgan fingerprint density at radius 2 is 1.34 bits per heavy atom. The van der Waals surface area contributed by atoms with Gasteiger partial charge in [-0.1, -0.05) is 29.8 Å². The number of aromatic nitrogens is 3. The van der Waals surface area contributed by atoms with Crippen LogP contribution in [0.5, 0.6) is 0 Å². The SMILES string of the molecule is CB(O)N1CCN(C(=O)Cc2cccnc2)C(CC(=O)NC(C)C)C1.CC(C)NC(=O)CC1CN(C2c3ccc(Cl)cc3CCc3cc(Br)cnc32)CCN1C(=O)Cc1cccnc1. The summed E-state index contributed by atoms with van der Waals surface area (Å²) in [7, 11) is -0.591. The fourth-order valence-electron chi connectivity index (χ4n) is 8.87. The van der Waals surface area contributed by atoms with Gasteiger partial charge in [-0.2, -0.15) is 0 Å². The summed E-state index contributed by atoms with van der Waals surface area (Å²) in [6.07, 6.45) is 11.4. The van der Waals surface area contributed by atoms with Crippen molar-refractivity contribution in [2.24, 2.45) is 0 Å². The molecule has 0 bridgehead atoms. The lowest BCUT2D eigenvalue weighted by Crippen LogP contribution is -2.59. The lowest BCUT2D eigenvalue weighted by atomic mass is 9.83. The van der Waals surface area contributed by atoms with Crippen LogP contribution in [0, 0.1) is 0 Å². The van der Waals surface area contributed by atoms with Crippen LogP contribution in [0.15, 0.2) is 84.0 Å². The summed E-state index contributed by atoms with van der Waals surface area (Å²) in [5.74, 6) is -0.126. The second-order valence-corrected chi connectivity index (χ2v) is 18.8. The smallest absolute Gasteiger partial charge is 0.376 e. The molecule has 4 aromatic rings. The number of nitrogens with zero attached hydrogens (tertiary/aromatic N) is 7. The number of hydrogen-bond acceptors (Lipinski definition) is 10. The van der Waals surface area contributed by atoms with Gasteiger partial charge in [0.2, 0.25) is 23.6 Å². The summed E-state index contributed by atoms with van der Waals surface area (Å²) in [6, 6.07) is 15.2. The summed E-state index contributed by atoms with van der Waals surface area (Å²) in [5, 5.41) is 16.5. The molecule has 3 atom stereocenters. The lowest BCUT2D eigenvalue weighted by molar-refractivity contribution is -0.138. The Kier molecular flexibility index (Phi) is 17.5. The quantitative estimate of drug-likeness (QED) is 0.166. The van der Waals surface area contributed by atoms with Crippen molar-refractivity contribution in [3.8, 4) is 0 Å². The first-order chi connectivity index (χ1) is 30.6. The van der Waals surface area contributed by atoms with Gasteiger partial charge >= 0.3 is 7.05 Å². The minimum atomic E-state index is -0.591. The highest BCUT2D eigenvalue weighted by Crippen LogP contribution is 2.39. The fourth-order valence-corrected chi connectivity index (χ4v) is 9.44. The lowest BCUT2D eigenvalue weighted by Gasteiger charge is -2.44. The number of aryl methyl sites for hydroxylation is 2. The Bertz CT molecular complexity index is 2170. The average Bonchev–Trinajstić information content (AvgIpc) is 3.40. The maximum absolute atomic E-state index is 13.5. The first-order valence-corrected chi connectivity index (χ1v) is 23.4. The minimum Gasteiger partial charge on any atom is -0.437 e. The third-order valence-electron chi connectivity index (χ3n) is 11.8. The van der Waals surface area contributed by atoms with Crippen LogP contribution in [0.4, 0.5) is 0 Å². The molecule has 0 spiro atoms. The number of hydrogen-bond donors (Lipinski definition) is 3. The van der Waals surface area contributed by atoms with Gasteiger partial charge in [-0.15, -0.1) is 0 Å². The molecule has 3 N–H and O–H groups in total. The normalized spacial score (nSPS) is 18.9. The molecule has 0 radical (unpaired) electrons. The molecule has 1 aromatic carbocycles. The highest BCUT2D eigenvalue weighted by Gasteiger charge is 2.39. The van der Waals surface area contributed by atoms with E-state index in [9.17, 15) is 24.2 Å². The van der Waals surface area contributed by atoms with Crippen LogP contribution in [0.2, 0.25) is 11.8 Å². The average molecular weight is 957 g/mol. The van der Waals surface area contributed by atoms with Gasteiger partial charge < -0.3 is 30.3 Å². The molecule has 2 saturated heterocycles. The molecule has 5 heterocycles. The van der Waals surface area contributed by atoms with Gasteiger partial charge in [0, 0.05) is 105 Å². The molecule has 3 unspecified atom stereocenters. The van der Waals surface area contributed by atoms with Crippen molar-refractivity contribution in [1.82, 2.24) is 45.1 Å². The van der Waals surface area contributed by atoms with Gasteiger partial charge in [-0.25, -0.2) is 0 Å². The molecule has 2 aliphatic heterocycles. The zero-order chi connectivity index (χ0) is 45.9. The number of benzene rings is 1. The van der Waals surface area contributed by atoms with Gasteiger partial charge in [0.1, 0.15) is 0 Å². The maximum atomic E-state index is 13.5. The molecule has 3 aromatic heterocycles. The van der Waals surface area contributed by atoms with Crippen LogP contribution in [-0.2, 0) is 44.9 Å². The van der Waals surface area contributed by atoms with Crippen LogP contribution in [-0.4, -0.2) is 134 Å². The number of rotatable bonds is 12. The van der Waals surface area contributed by atoms with E-state index in [0.29, 0.717) is 39.3 Å². The van der Waals surface area contributed by atoms with Gasteiger partial charge in [0.05, 0.1) is 36.7 Å². The van der Waals surface area contributed by atoms with Gasteiger partial charge in [0.15, 0.2) is 0 Å². The van der Waals surface area contributed by atoms with Crippen LogP contribution in [0.1, 0.15) is 80.1 Å². The maximum Gasteiger partial charge on any atom is 0.376 e. The second kappa shape index (κ2) is 22.9. The molecule has 17 heteroatoms. The number of carbonyl (C=O) groups excluding carboxylic acids is 4. The van der Waals surface area contributed by atoms with Crippen LogP contribution in [0.25, 0.3) is 0 Å². The van der Waals surface area contributed by atoms with Crippen LogP contribution in [0.3, 0.4) is 0 Å². The van der Waals surface area contributed by atoms with E-state index < -0.39 is 7.05 Å². The Morgan fingerprint density at radius 3 is 1.89 bits per heavy atom. The first kappa shape index (κ1) is 48.7. The van der Waals surface area contributed by atoms with Gasteiger partial charge in [0.25, 0.3) is 0 Å². The summed E-state index contributed by atoms with van der Waals surface area (Å²) < 4.78 is 0.957. The highest BCUT2D eigenvalue weighted by molar-refractivity contribution is 9.10.